The normalized spacial score (nSPS) is 14.3. The topological polar surface area (TPSA) is 77.0 Å². The van der Waals surface area contributed by atoms with Gasteiger partial charge in [0.15, 0.2) is 5.13 Å². The van der Waals surface area contributed by atoms with E-state index in [-0.39, 0.29) is 11.7 Å². The van der Waals surface area contributed by atoms with Crippen molar-refractivity contribution >= 4 is 22.4 Å². The van der Waals surface area contributed by atoms with Crippen molar-refractivity contribution in [3.8, 4) is 17.0 Å². The summed E-state index contributed by atoms with van der Waals surface area (Å²) in [7, 11) is 0. The van der Waals surface area contributed by atoms with Crippen molar-refractivity contribution in [2.24, 2.45) is 0 Å². The molecule has 0 saturated carbocycles. The highest BCUT2D eigenvalue weighted by Crippen LogP contribution is 2.52. The number of rotatable bonds is 4. The summed E-state index contributed by atoms with van der Waals surface area (Å²) in [4.78, 5) is 26.4. The summed E-state index contributed by atoms with van der Waals surface area (Å²) in [5.41, 5.74) is 0.847. The third kappa shape index (κ3) is 3.62. The third-order valence-electron chi connectivity index (χ3n) is 5.73. The van der Waals surface area contributed by atoms with Crippen LogP contribution in [0.15, 0.2) is 24.5 Å². The van der Waals surface area contributed by atoms with Gasteiger partial charge in [0.1, 0.15) is 17.7 Å². The second kappa shape index (κ2) is 7.84. The Kier molecular flexibility index (Phi) is 5.44. The molecule has 0 unspecified atom stereocenters. The highest BCUT2D eigenvalue weighted by atomic mass is 32.1. The van der Waals surface area contributed by atoms with Gasteiger partial charge >= 0.3 is 6.18 Å². The molecule has 0 saturated heterocycles. The Bertz CT molecular complexity index is 1180. The Morgan fingerprint density at radius 3 is 2.41 bits per heavy atom. The monoisotopic (exact) mass is 462 g/mol. The van der Waals surface area contributed by atoms with E-state index in [0.29, 0.717) is 46.2 Å². The van der Waals surface area contributed by atoms with Crippen LogP contribution in [-0.4, -0.2) is 20.9 Å². The van der Waals surface area contributed by atoms with Gasteiger partial charge in [0.2, 0.25) is 0 Å². The van der Waals surface area contributed by atoms with Gasteiger partial charge in [0, 0.05) is 5.56 Å². The van der Waals surface area contributed by atoms with E-state index in [0.717, 1.165) is 17.0 Å². The van der Waals surface area contributed by atoms with Crippen LogP contribution in [0.5, 0.6) is 5.75 Å². The van der Waals surface area contributed by atoms with Gasteiger partial charge in [-0.2, -0.15) is 13.2 Å². The van der Waals surface area contributed by atoms with Crippen LogP contribution in [0.4, 0.5) is 18.3 Å². The van der Waals surface area contributed by atoms with Crippen LogP contribution in [0.2, 0.25) is 0 Å². The molecule has 1 aromatic carbocycles. The summed E-state index contributed by atoms with van der Waals surface area (Å²) < 4.78 is 45.9. The summed E-state index contributed by atoms with van der Waals surface area (Å²) in [6, 6.07) is 3.41. The quantitative estimate of drug-likeness (QED) is 0.523. The number of thiazole rings is 1. The smallest absolute Gasteiger partial charge is 0.416 e. The number of halogens is 3. The predicted octanol–water partition coefficient (Wildman–Crippen LogP) is 5.90. The molecule has 0 radical (unpaired) electrons. The molecule has 2 aromatic heterocycles. The number of alkyl halides is 3. The zero-order chi connectivity index (χ0) is 23.3. The fraction of sp³-hybridized carbons (Fsp3) is 0.364. The lowest BCUT2D eigenvalue weighted by molar-refractivity contribution is -0.137. The number of fused-ring (bicyclic) bond motifs is 3. The van der Waals surface area contributed by atoms with Crippen LogP contribution < -0.4 is 10.1 Å². The maximum Gasteiger partial charge on any atom is 0.416 e. The minimum atomic E-state index is -4.48. The first kappa shape index (κ1) is 22.2. The number of aryl methyl sites for hydroxylation is 2. The second-order valence-corrected chi connectivity index (χ2v) is 8.58. The molecule has 168 valence electrons. The minimum absolute atomic E-state index is 0.141. The van der Waals surface area contributed by atoms with Crippen molar-refractivity contribution in [1.29, 1.82) is 0 Å². The Morgan fingerprint density at radius 2 is 1.81 bits per heavy atom. The van der Waals surface area contributed by atoms with Gasteiger partial charge in [-0.25, -0.2) is 15.0 Å². The van der Waals surface area contributed by atoms with Crippen LogP contribution in [-0.2, 0) is 11.8 Å². The van der Waals surface area contributed by atoms with E-state index in [1.807, 2.05) is 13.8 Å². The van der Waals surface area contributed by atoms with E-state index in [2.05, 4.69) is 20.3 Å². The second-order valence-electron chi connectivity index (χ2n) is 7.58. The fourth-order valence-corrected chi connectivity index (χ4v) is 5.14. The number of nitrogens with one attached hydrogen (secondary N) is 1. The molecule has 0 fully saturated rings. The van der Waals surface area contributed by atoms with Crippen molar-refractivity contribution in [3.63, 3.8) is 0 Å². The molecule has 1 aliphatic heterocycles. The first-order valence-electron chi connectivity index (χ1n) is 10.1. The number of carbonyl (C=O) groups is 1. The molecule has 0 spiro atoms. The lowest BCUT2D eigenvalue weighted by Gasteiger charge is -2.36. The fourth-order valence-electron chi connectivity index (χ4n) is 3.90. The van der Waals surface area contributed by atoms with Gasteiger partial charge in [-0.3, -0.25) is 10.1 Å². The van der Waals surface area contributed by atoms with Gasteiger partial charge in [-0.05, 0) is 44.9 Å². The predicted molar refractivity (Wildman–Crippen MR) is 115 cm³/mol. The molecule has 1 amide bonds. The third-order valence-corrected chi connectivity index (χ3v) is 6.88. The number of amides is 1. The van der Waals surface area contributed by atoms with Crippen LogP contribution in [0.25, 0.3) is 11.3 Å². The molecule has 0 aliphatic carbocycles. The van der Waals surface area contributed by atoms with E-state index in [1.165, 1.54) is 23.7 Å². The summed E-state index contributed by atoms with van der Waals surface area (Å²) in [5.74, 6) is -0.249. The zero-order valence-corrected chi connectivity index (χ0v) is 18.7. The molecular formula is C22H21F3N4O2S. The number of hydrogen-bond acceptors (Lipinski definition) is 6. The highest BCUT2D eigenvalue weighted by Gasteiger charge is 2.42. The maximum atomic E-state index is 13.3. The largest absolute Gasteiger partial charge is 0.481 e. The van der Waals surface area contributed by atoms with Gasteiger partial charge < -0.3 is 4.74 Å². The number of hydrogen-bond donors (Lipinski definition) is 1. The Morgan fingerprint density at radius 1 is 1.16 bits per heavy atom. The van der Waals surface area contributed by atoms with Crippen molar-refractivity contribution in [2.75, 3.05) is 5.32 Å². The molecule has 3 aromatic rings. The molecule has 6 nitrogen and oxygen atoms in total. The highest BCUT2D eigenvalue weighted by molar-refractivity contribution is 7.16. The SMILES string of the molecule is CCC1(CC)Oc2cc(C(F)(F)F)ccc2-c2nc(NC(=O)c3c(C)ncnc3C)sc21. The Balaban J connectivity index is 1.79. The molecule has 1 aliphatic rings. The lowest BCUT2D eigenvalue weighted by atomic mass is 9.89. The van der Waals surface area contributed by atoms with Gasteiger partial charge in [-0.15, -0.1) is 0 Å². The number of ether oxygens (including phenoxy) is 1. The molecule has 4 rings (SSSR count). The Labute approximate surface area is 186 Å². The number of nitrogens with zero attached hydrogens (tertiary/aromatic N) is 3. The van der Waals surface area contributed by atoms with E-state index in [4.69, 9.17) is 4.74 Å². The molecule has 0 atom stereocenters. The van der Waals surface area contributed by atoms with Crippen molar-refractivity contribution in [2.45, 2.75) is 52.3 Å². The minimum Gasteiger partial charge on any atom is -0.481 e. The van der Waals surface area contributed by atoms with E-state index < -0.39 is 17.3 Å². The number of aromatic nitrogens is 3. The number of carbonyl (C=O) groups excluding carboxylic acids is 1. The molecule has 10 heteroatoms. The van der Waals surface area contributed by atoms with Gasteiger partial charge in [0.25, 0.3) is 5.91 Å². The molecule has 3 heterocycles. The van der Waals surface area contributed by atoms with Crippen LogP contribution in [0.3, 0.4) is 0 Å². The summed E-state index contributed by atoms with van der Waals surface area (Å²) in [6.45, 7) is 7.27. The molecule has 0 bridgehead atoms. The molecular weight excluding hydrogens is 441 g/mol. The summed E-state index contributed by atoms with van der Waals surface area (Å²) in [6.07, 6.45) is -2.02. The van der Waals surface area contributed by atoms with Crippen LogP contribution in [0, 0.1) is 13.8 Å². The van der Waals surface area contributed by atoms with Crippen LogP contribution >= 0.6 is 11.3 Å². The standard InChI is InChI=1S/C22H21F3N4O2S/c1-5-21(6-2)18-17(14-8-7-13(22(23,24)25)9-15(14)31-21)28-20(32-18)29-19(30)16-11(3)26-10-27-12(16)4/h7-10H,5-6H2,1-4H3,(H,28,29,30). The molecule has 32 heavy (non-hydrogen) atoms. The summed E-state index contributed by atoms with van der Waals surface area (Å²) >= 11 is 1.27. The average molecular weight is 462 g/mol. The zero-order valence-electron chi connectivity index (χ0n) is 17.9. The first-order valence-corrected chi connectivity index (χ1v) is 10.9. The maximum absolute atomic E-state index is 13.3. The van der Waals surface area contributed by atoms with E-state index >= 15 is 0 Å². The average Bonchev–Trinajstić information content (AvgIpc) is 3.16. The van der Waals surface area contributed by atoms with Crippen LogP contribution in [0.1, 0.15) is 58.9 Å². The van der Waals surface area contributed by atoms with Crippen molar-refractivity contribution in [3.05, 3.63) is 51.9 Å². The van der Waals surface area contributed by atoms with E-state index in [9.17, 15) is 18.0 Å². The molecule has 1 N–H and O–H groups in total. The summed E-state index contributed by atoms with van der Waals surface area (Å²) in [5, 5.41) is 3.14. The van der Waals surface area contributed by atoms with Crippen molar-refractivity contribution in [1.82, 2.24) is 15.0 Å². The van der Waals surface area contributed by atoms with Gasteiger partial charge in [-0.1, -0.05) is 25.2 Å². The lowest BCUT2D eigenvalue weighted by Crippen LogP contribution is -2.34. The first-order chi connectivity index (χ1) is 15.1. The van der Waals surface area contributed by atoms with Crippen molar-refractivity contribution < 1.29 is 22.7 Å². The number of anilines is 1. The van der Waals surface area contributed by atoms with Gasteiger partial charge in [0.05, 0.1) is 33.1 Å². The number of benzene rings is 1. The van der Waals surface area contributed by atoms with E-state index in [1.54, 1.807) is 13.8 Å². The Hall–Kier alpha value is -3.01.